The van der Waals surface area contributed by atoms with Gasteiger partial charge in [0.05, 0.1) is 22.3 Å². The van der Waals surface area contributed by atoms with Crippen LogP contribution >= 0.6 is 23.1 Å². The van der Waals surface area contributed by atoms with Gasteiger partial charge in [0, 0.05) is 0 Å². The van der Waals surface area contributed by atoms with Crippen molar-refractivity contribution < 1.29 is 9.90 Å². The van der Waals surface area contributed by atoms with Gasteiger partial charge in [-0.25, -0.2) is 4.98 Å². The summed E-state index contributed by atoms with van der Waals surface area (Å²) in [5.41, 5.74) is 2.29. The van der Waals surface area contributed by atoms with Gasteiger partial charge in [-0.05, 0) is 24.3 Å². The Morgan fingerprint density at radius 1 is 1.15 bits per heavy atom. The molecule has 0 spiro atoms. The van der Waals surface area contributed by atoms with Crippen molar-refractivity contribution >= 4 is 46.0 Å². The number of benzene rings is 2. The second-order valence-corrected chi connectivity index (χ2v) is 7.53. The van der Waals surface area contributed by atoms with E-state index >= 15 is 0 Å². The number of aromatic nitrogens is 4. The molecule has 9 heteroatoms. The third-order valence-corrected chi connectivity index (χ3v) is 5.60. The molecule has 26 heavy (non-hydrogen) atoms. The van der Waals surface area contributed by atoms with E-state index in [-0.39, 0.29) is 17.4 Å². The van der Waals surface area contributed by atoms with Gasteiger partial charge in [0.15, 0.2) is 9.35 Å². The number of carbonyl (C=O) groups excluding carboxylic acids is 1. The molecule has 0 aliphatic carbocycles. The number of rotatable bonds is 5. The fraction of sp³-hybridized carbons (Fsp3) is 0.0588. The number of phenolic OH excluding ortho intramolecular Hbond substituents is 1. The minimum atomic E-state index is -0.187. The van der Waals surface area contributed by atoms with Crippen molar-refractivity contribution in [2.24, 2.45) is 0 Å². The van der Waals surface area contributed by atoms with Crippen molar-refractivity contribution in [3.63, 3.8) is 0 Å². The van der Waals surface area contributed by atoms with Crippen LogP contribution in [0.1, 0.15) is 0 Å². The highest BCUT2D eigenvalue weighted by Crippen LogP contribution is 2.33. The van der Waals surface area contributed by atoms with Crippen molar-refractivity contribution in [1.82, 2.24) is 20.2 Å². The Morgan fingerprint density at radius 3 is 2.81 bits per heavy atom. The summed E-state index contributed by atoms with van der Waals surface area (Å²) in [7, 11) is 0. The molecule has 0 atom stereocenters. The van der Waals surface area contributed by atoms with Crippen LogP contribution in [0.3, 0.4) is 0 Å². The molecule has 0 saturated heterocycles. The molecule has 4 aromatic rings. The maximum Gasteiger partial charge on any atom is 0.237 e. The monoisotopic (exact) mass is 383 g/mol. The zero-order chi connectivity index (χ0) is 17.9. The maximum atomic E-state index is 12.1. The number of hydrogen-bond acceptors (Lipinski definition) is 7. The fourth-order valence-electron chi connectivity index (χ4n) is 2.34. The summed E-state index contributed by atoms with van der Waals surface area (Å²) in [6.45, 7) is 0. The molecule has 7 nitrogen and oxygen atoms in total. The number of imidazole rings is 1. The number of carbonyl (C=O) groups is 1. The van der Waals surface area contributed by atoms with E-state index in [0.717, 1.165) is 11.0 Å². The lowest BCUT2D eigenvalue weighted by atomic mass is 10.2. The lowest BCUT2D eigenvalue weighted by Crippen LogP contribution is -2.14. The first kappa shape index (κ1) is 16.6. The van der Waals surface area contributed by atoms with E-state index in [1.165, 1.54) is 23.1 Å². The molecule has 0 aliphatic heterocycles. The summed E-state index contributed by atoms with van der Waals surface area (Å²) in [6.07, 6.45) is 0. The largest absolute Gasteiger partial charge is 0.507 e. The van der Waals surface area contributed by atoms with E-state index in [1.54, 1.807) is 18.2 Å². The van der Waals surface area contributed by atoms with Crippen LogP contribution in [0, 0.1) is 0 Å². The molecule has 0 unspecified atom stereocenters. The normalized spacial score (nSPS) is 10.9. The third-order valence-electron chi connectivity index (χ3n) is 3.51. The molecule has 0 radical (unpaired) electrons. The van der Waals surface area contributed by atoms with Crippen molar-refractivity contribution in [3.05, 3.63) is 48.5 Å². The first-order valence-electron chi connectivity index (χ1n) is 7.68. The molecule has 0 bridgehead atoms. The molecular weight excluding hydrogens is 370 g/mol. The molecule has 0 saturated carbocycles. The molecule has 2 aromatic heterocycles. The quantitative estimate of drug-likeness (QED) is 0.456. The van der Waals surface area contributed by atoms with Crippen LogP contribution in [-0.4, -0.2) is 36.9 Å². The number of hydrogen-bond donors (Lipinski definition) is 3. The van der Waals surface area contributed by atoms with Gasteiger partial charge in [-0.3, -0.25) is 10.1 Å². The third kappa shape index (κ3) is 3.53. The zero-order valence-electron chi connectivity index (χ0n) is 13.3. The van der Waals surface area contributed by atoms with Gasteiger partial charge in [0.1, 0.15) is 5.75 Å². The predicted octanol–water partition coefficient (Wildman–Crippen LogP) is 3.52. The van der Waals surface area contributed by atoms with Crippen LogP contribution in [-0.2, 0) is 4.79 Å². The van der Waals surface area contributed by atoms with Crippen LogP contribution in [0.2, 0.25) is 0 Å². The highest BCUT2D eigenvalue weighted by Gasteiger charge is 2.13. The number of anilines is 1. The summed E-state index contributed by atoms with van der Waals surface area (Å²) in [5.74, 6) is 0.576. The molecular formula is C17H13N5O2S2. The van der Waals surface area contributed by atoms with Crippen LogP contribution in [0.25, 0.3) is 21.6 Å². The van der Waals surface area contributed by atoms with Crippen molar-refractivity contribution in [1.29, 1.82) is 0 Å². The first-order valence-corrected chi connectivity index (χ1v) is 9.48. The summed E-state index contributed by atoms with van der Waals surface area (Å²) >= 11 is 2.62. The standard InChI is InChI=1S/C17H13N5O2S2/c23-13-8-4-1-5-10(13)15-21-22-17(26-15)25-9-14(24)20-16-18-11-6-2-3-7-12(11)19-16/h1-8,23H,9H2,(H2,18,19,20,24). The van der Waals surface area contributed by atoms with Gasteiger partial charge < -0.3 is 10.1 Å². The lowest BCUT2D eigenvalue weighted by molar-refractivity contribution is -0.113. The molecule has 0 aliphatic rings. The van der Waals surface area contributed by atoms with Gasteiger partial charge >= 0.3 is 0 Å². The van der Waals surface area contributed by atoms with Gasteiger partial charge in [-0.1, -0.05) is 47.4 Å². The van der Waals surface area contributed by atoms with Crippen LogP contribution < -0.4 is 5.32 Å². The van der Waals surface area contributed by atoms with Crippen LogP contribution in [0.15, 0.2) is 52.9 Å². The lowest BCUT2D eigenvalue weighted by Gasteiger charge is -1.99. The smallest absolute Gasteiger partial charge is 0.237 e. The summed E-state index contributed by atoms with van der Waals surface area (Å²) in [6, 6.07) is 14.5. The number of nitrogens with one attached hydrogen (secondary N) is 2. The van der Waals surface area contributed by atoms with Gasteiger partial charge in [0.25, 0.3) is 0 Å². The number of phenols is 1. The highest BCUT2D eigenvalue weighted by molar-refractivity contribution is 8.01. The average Bonchev–Trinajstić information content (AvgIpc) is 3.26. The molecule has 0 fully saturated rings. The zero-order valence-corrected chi connectivity index (χ0v) is 15.0. The molecule has 4 rings (SSSR count). The number of amides is 1. The average molecular weight is 383 g/mol. The SMILES string of the molecule is O=C(CSc1nnc(-c2ccccc2O)s1)Nc1nc2ccccc2[nH]1. The topological polar surface area (TPSA) is 104 Å². The van der Waals surface area contributed by atoms with Crippen LogP contribution in [0.4, 0.5) is 5.95 Å². The number of aromatic amines is 1. The second kappa shape index (κ2) is 7.14. The number of H-pyrrole nitrogens is 1. The van der Waals surface area contributed by atoms with E-state index in [0.29, 0.717) is 20.9 Å². The van der Waals surface area contributed by atoms with E-state index in [1.807, 2.05) is 30.3 Å². The Morgan fingerprint density at radius 2 is 1.96 bits per heavy atom. The summed E-state index contributed by atoms with van der Waals surface area (Å²) in [5, 5.41) is 21.4. The number of nitrogens with zero attached hydrogens (tertiary/aromatic N) is 3. The first-order chi connectivity index (χ1) is 12.7. The Bertz CT molecular complexity index is 1040. The van der Waals surface area contributed by atoms with Crippen molar-refractivity contribution in [2.45, 2.75) is 4.34 Å². The minimum absolute atomic E-state index is 0.155. The van der Waals surface area contributed by atoms with E-state index < -0.39 is 0 Å². The fourth-order valence-corrected chi connectivity index (χ4v) is 4.02. The van der Waals surface area contributed by atoms with E-state index in [4.69, 9.17) is 0 Å². The number of aromatic hydroxyl groups is 1. The minimum Gasteiger partial charge on any atom is -0.507 e. The maximum absolute atomic E-state index is 12.1. The predicted molar refractivity (Wildman–Crippen MR) is 102 cm³/mol. The Balaban J connectivity index is 1.38. The Kier molecular flexibility index (Phi) is 4.55. The Labute approximate surface area is 156 Å². The number of para-hydroxylation sites is 3. The molecule has 1 amide bonds. The second-order valence-electron chi connectivity index (χ2n) is 5.33. The Hall–Kier alpha value is -2.91. The van der Waals surface area contributed by atoms with Gasteiger partial charge in [-0.2, -0.15) is 0 Å². The highest BCUT2D eigenvalue weighted by atomic mass is 32.2. The van der Waals surface area contributed by atoms with Crippen molar-refractivity contribution in [3.8, 4) is 16.3 Å². The molecule has 2 aromatic carbocycles. The molecule has 130 valence electrons. The number of thioether (sulfide) groups is 1. The number of fused-ring (bicyclic) bond motifs is 1. The molecule has 2 heterocycles. The van der Waals surface area contributed by atoms with Crippen molar-refractivity contribution in [2.75, 3.05) is 11.1 Å². The van der Waals surface area contributed by atoms with Crippen LogP contribution in [0.5, 0.6) is 5.75 Å². The summed E-state index contributed by atoms with van der Waals surface area (Å²) in [4.78, 5) is 19.5. The van der Waals surface area contributed by atoms with Gasteiger partial charge in [0.2, 0.25) is 11.9 Å². The van der Waals surface area contributed by atoms with E-state index in [2.05, 4.69) is 25.5 Å². The van der Waals surface area contributed by atoms with E-state index in [9.17, 15) is 9.90 Å². The molecule has 3 N–H and O–H groups in total. The summed E-state index contributed by atoms with van der Waals surface area (Å²) < 4.78 is 0.656. The van der Waals surface area contributed by atoms with Gasteiger partial charge in [-0.15, -0.1) is 10.2 Å².